The molecule has 1 amide bonds. The third-order valence-electron chi connectivity index (χ3n) is 4.83. The van der Waals surface area contributed by atoms with E-state index in [0.29, 0.717) is 0 Å². The molecular weight excluding hydrogens is 522 g/mol. The maximum absolute atomic E-state index is 12.8. The third-order valence-corrected chi connectivity index (χ3v) is 6.34. The molecule has 190 valence electrons. The largest absolute Gasteiger partial charge is 0.490 e. The normalized spacial score (nSPS) is 11.4. The molecule has 10 nitrogen and oxygen atoms in total. The van der Waals surface area contributed by atoms with Crippen LogP contribution in [-0.4, -0.2) is 25.9 Å². The second-order valence-corrected chi connectivity index (χ2v) is 9.50. The first kappa shape index (κ1) is 27.2. The second-order valence-electron chi connectivity index (χ2n) is 7.54. The molecule has 0 saturated heterocycles. The van der Waals surface area contributed by atoms with Gasteiger partial charge in [0.25, 0.3) is 11.6 Å². The molecule has 0 saturated carbocycles. The molecule has 12 heteroatoms. The number of benzene rings is 3. The van der Waals surface area contributed by atoms with Crippen molar-refractivity contribution in [1.29, 1.82) is 5.26 Å². The first-order valence-corrected chi connectivity index (χ1v) is 12.5. The summed E-state index contributed by atoms with van der Waals surface area (Å²) in [5.74, 6) is -1.09. The quantitative estimate of drug-likeness (QED) is 0.127. The number of halogens is 1. The summed E-state index contributed by atoms with van der Waals surface area (Å²) < 4.78 is 36.3. The van der Waals surface area contributed by atoms with Crippen molar-refractivity contribution < 1.29 is 27.1 Å². The number of nitrogens with zero attached hydrogens (tertiary/aromatic N) is 2. The van der Waals surface area contributed by atoms with Crippen molar-refractivity contribution in [3.8, 4) is 17.6 Å². The highest BCUT2D eigenvalue weighted by atomic mass is 35.5. The number of rotatable bonds is 9. The molecule has 0 radical (unpaired) electrons. The molecule has 3 aromatic carbocycles. The number of carbonyl (C=O) groups is 1. The summed E-state index contributed by atoms with van der Waals surface area (Å²) in [5.41, 5.74) is 0.666. The predicted molar refractivity (Wildman–Crippen MR) is 137 cm³/mol. The summed E-state index contributed by atoms with van der Waals surface area (Å²) >= 11 is 6.33. The summed E-state index contributed by atoms with van der Waals surface area (Å²) in [6.45, 7) is 3.62. The third kappa shape index (κ3) is 6.84. The summed E-state index contributed by atoms with van der Waals surface area (Å²) in [6.07, 6.45) is 1.21. The van der Waals surface area contributed by atoms with Crippen LogP contribution in [0.5, 0.6) is 11.5 Å². The van der Waals surface area contributed by atoms with Crippen LogP contribution in [0.4, 0.5) is 11.4 Å². The number of amides is 1. The number of ether oxygens (including phenoxy) is 1. The van der Waals surface area contributed by atoms with Gasteiger partial charge in [0.05, 0.1) is 16.6 Å². The molecule has 37 heavy (non-hydrogen) atoms. The van der Waals surface area contributed by atoms with Crippen LogP contribution in [0.25, 0.3) is 6.08 Å². The Balaban J connectivity index is 1.93. The Morgan fingerprint density at radius 1 is 1.19 bits per heavy atom. The summed E-state index contributed by atoms with van der Waals surface area (Å²) in [5, 5.41) is 22.8. The molecule has 0 aliphatic carbocycles. The van der Waals surface area contributed by atoms with E-state index >= 15 is 0 Å². The van der Waals surface area contributed by atoms with Crippen molar-refractivity contribution >= 4 is 45.1 Å². The van der Waals surface area contributed by atoms with Crippen molar-refractivity contribution in [1.82, 2.24) is 0 Å². The number of non-ortho nitro benzene ring substituents is 1. The van der Waals surface area contributed by atoms with Gasteiger partial charge in [-0.25, -0.2) is 0 Å². The van der Waals surface area contributed by atoms with Crippen LogP contribution in [0.1, 0.15) is 18.1 Å². The number of anilines is 1. The SMILES string of the molecule is CCOc1cc(/C=C(\C#N)C(=O)Nc2cccc([N+](=O)[O-])c2)cc(Cl)c1OS(=O)(=O)c1ccc(C)cc1. The van der Waals surface area contributed by atoms with E-state index in [1.807, 2.05) is 6.92 Å². The molecule has 0 aliphatic heterocycles. The van der Waals surface area contributed by atoms with Crippen LogP contribution in [0.2, 0.25) is 5.02 Å². The fourth-order valence-corrected chi connectivity index (χ4v) is 4.35. The van der Waals surface area contributed by atoms with Crippen LogP contribution >= 0.6 is 11.6 Å². The first-order chi connectivity index (χ1) is 17.5. The zero-order chi connectivity index (χ0) is 27.2. The molecule has 1 N–H and O–H groups in total. The minimum Gasteiger partial charge on any atom is -0.490 e. The number of hydrogen-bond acceptors (Lipinski definition) is 8. The Labute approximate surface area is 218 Å². The molecule has 0 unspecified atom stereocenters. The first-order valence-electron chi connectivity index (χ1n) is 10.7. The predicted octanol–water partition coefficient (Wildman–Crippen LogP) is 5.27. The maximum Gasteiger partial charge on any atom is 0.339 e. The topological polar surface area (TPSA) is 149 Å². The highest BCUT2D eigenvalue weighted by Crippen LogP contribution is 2.39. The highest BCUT2D eigenvalue weighted by molar-refractivity contribution is 7.87. The van der Waals surface area contributed by atoms with E-state index in [2.05, 4.69) is 5.32 Å². The van der Waals surface area contributed by atoms with Gasteiger partial charge in [0.15, 0.2) is 5.75 Å². The molecule has 0 fully saturated rings. The highest BCUT2D eigenvalue weighted by Gasteiger charge is 2.23. The van der Waals surface area contributed by atoms with Gasteiger partial charge in [-0.1, -0.05) is 35.4 Å². The van der Waals surface area contributed by atoms with E-state index in [1.54, 1.807) is 25.1 Å². The van der Waals surface area contributed by atoms with Gasteiger partial charge in [0, 0.05) is 17.8 Å². The standard InChI is InChI=1S/C25H20ClN3O7S/c1-3-35-23-13-17(11-18(15-27)25(30)28-19-5-4-6-20(14-19)29(31)32)12-22(26)24(23)36-37(33,34)21-9-7-16(2)8-10-21/h4-14H,3H2,1-2H3,(H,28,30)/b18-11+. The monoisotopic (exact) mass is 541 g/mol. The number of aryl methyl sites for hydroxylation is 1. The lowest BCUT2D eigenvalue weighted by Crippen LogP contribution is -2.13. The number of carbonyl (C=O) groups excluding carboxylic acids is 1. The number of nitro benzene ring substituents is 1. The fraction of sp³-hybridized carbons (Fsp3) is 0.120. The van der Waals surface area contributed by atoms with Gasteiger partial charge in [-0.2, -0.15) is 13.7 Å². The maximum atomic E-state index is 12.8. The van der Waals surface area contributed by atoms with Gasteiger partial charge in [0.1, 0.15) is 16.5 Å². The lowest BCUT2D eigenvalue weighted by atomic mass is 10.1. The molecule has 0 heterocycles. The van der Waals surface area contributed by atoms with Crippen molar-refractivity contribution in [2.45, 2.75) is 18.7 Å². The van der Waals surface area contributed by atoms with E-state index in [9.17, 15) is 28.6 Å². The van der Waals surface area contributed by atoms with Gasteiger partial charge in [-0.05, 0) is 55.8 Å². The second kappa shape index (κ2) is 11.6. The van der Waals surface area contributed by atoms with Crippen molar-refractivity contribution in [2.24, 2.45) is 0 Å². The van der Waals surface area contributed by atoms with E-state index in [1.165, 1.54) is 48.5 Å². The Morgan fingerprint density at radius 2 is 1.89 bits per heavy atom. The van der Waals surface area contributed by atoms with E-state index in [0.717, 1.165) is 11.6 Å². The van der Waals surface area contributed by atoms with Crippen LogP contribution in [0, 0.1) is 28.4 Å². The Morgan fingerprint density at radius 3 is 2.51 bits per heavy atom. The minimum atomic E-state index is -4.24. The molecule has 3 rings (SSSR count). The number of hydrogen-bond donors (Lipinski definition) is 1. The lowest BCUT2D eigenvalue weighted by molar-refractivity contribution is -0.384. The number of nitriles is 1. The number of nitrogens with one attached hydrogen (secondary N) is 1. The van der Waals surface area contributed by atoms with Crippen molar-refractivity contribution in [3.05, 3.63) is 92.5 Å². The summed E-state index contributed by atoms with van der Waals surface area (Å²) in [6, 6.07) is 15.7. The van der Waals surface area contributed by atoms with Gasteiger partial charge in [-0.3, -0.25) is 14.9 Å². The number of nitro groups is 1. The van der Waals surface area contributed by atoms with E-state index < -0.39 is 20.9 Å². The average molecular weight is 542 g/mol. The smallest absolute Gasteiger partial charge is 0.339 e. The molecule has 0 aliphatic rings. The zero-order valence-corrected chi connectivity index (χ0v) is 21.2. The van der Waals surface area contributed by atoms with Crippen molar-refractivity contribution in [3.63, 3.8) is 0 Å². The van der Waals surface area contributed by atoms with Crippen molar-refractivity contribution in [2.75, 3.05) is 11.9 Å². The van der Waals surface area contributed by atoms with Crippen LogP contribution in [0.15, 0.2) is 71.1 Å². The molecule has 0 aromatic heterocycles. The Hall–Kier alpha value is -4.40. The molecule has 0 atom stereocenters. The van der Waals surface area contributed by atoms with Crippen LogP contribution in [0.3, 0.4) is 0 Å². The van der Waals surface area contributed by atoms with Gasteiger partial charge >= 0.3 is 10.1 Å². The zero-order valence-electron chi connectivity index (χ0n) is 19.6. The van der Waals surface area contributed by atoms with Gasteiger partial charge < -0.3 is 14.2 Å². The Kier molecular flexibility index (Phi) is 8.49. The van der Waals surface area contributed by atoms with Gasteiger partial charge in [-0.15, -0.1) is 0 Å². The lowest BCUT2D eigenvalue weighted by Gasteiger charge is -2.14. The minimum absolute atomic E-state index is 0.0201. The fourth-order valence-electron chi connectivity index (χ4n) is 3.09. The molecule has 3 aromatic rings. The molecule has 0 bridgehead atoms. The molecule has 0 spiro atoms. The average Bonchev–Trinajstić information content (AvgIpc) is 2.85. The van der Waals surface area contributed by atoms with Crippen LogP contribution < -0.4 is 14.2 Å². The van der Waals surface area contributed by atoms with Crippen LogP contribution in [-0.2, 0) is 14.9 Å². The Bertz CT molecular complexity index is 1530. The summed E-state index contributed by atoms with van der Waals surface area (Å²) in [4.78, 5) is 22.9. The van der Waals surface area contributed by atoms with Gasteiger partial charge in [0.2, 0.25) is 5.75 Å². The molecular formula is C25H20ClN3O7S. The summed E-state index contributed by atoms with van der Waals surface area (Å²) in [7, 11) is -4.24. The van der Waals surface area contributed by atoms with E-state index in [-0.39, 0.29) is 50.5 Å². The van der Waals surface area contributed by atoms with E-state index in [4.69, 9.17) is 20.5 Å².